The second kappa shape index (κ2) is 8.08. The van der Waals surface area contributed by atoms with Gasteiger partial charge in [-0.3, -0.25) is 9.69 Å². The molecule has 1 aromatic rings. The summed E-state index contributed by atoms with van der Waals surface area (Å²) in [5, 5.41) is 0. The number of hydrogen-bond acceptors (Lipinski definition) is 3. The van der Waals surface area contributed by atoms with E-state index in [2.05, 4.69) is 34.0 Å². The molecule has 0 spiro atoms. The van der Waals surface area contributed by atoms with Crippen LogP contribution in [0.25, 0.3) is 0 Å². The molecular formula is C15H22BrNOS. The Morgan fingerprint density at radius 1 is 1.37 bits per heavy atom. The minimum atomic E-state index is -0.0849. The number of Topliss-reactive ketones (excluding diaryl/α,β-unsaturated/α-hetero) is 1. The van der Waals surface area contributed by atoms with Crippen molar-refractivity contribution in [2.45, 2.75) is 32.4 Å². The highest BCUT2D eigenvalue weighted by Crippen LogP contribution is 2.17. The minimum absolute atomic E-state index is 0.0849. The Labute approximate surface area is 129 Å². The number of thioether (sulfide) groups is 1. The van der Waals surface area contributed by atoms with Crippen LogP contribution in [0, 0.1) is 0 Å². The van der Waals surface area contributed by atoms with E-state index in [1.807, 2.05) is 50.0 Å². The predicted octanol–water partition coefficient (Wildman–Crippen LogP) is 4.09. The van der Waals surface area contributed by atoms with Gasteiger partial charge >= 0.3 is 0 Å². The number of carbonyl (C=O) groups excluding carboxylic acids is 1. The van der Waals surface area contributed by atoms with Crippen molar-refractivity contribution < 1.29 is 4.79 Å². The molecule has 0 aliphatic rings. The number of halogens is 1. The molecule has 2 nitrogen and oxygen atoms in total. The molecule has 0 aliphatic carbocycles. The minimum Gasteiger partial charge on any atom is -0.293 e. The molecule has 0 radical (unpaired) electrons. The molecule has 0 amide bonds. The maximum absolute atomic E-state index is 12.5. The highest BCUT2D eigenvalue weighted by Gasteiger charge is 2.24. The number of nitrogens with zero attached hydrogens (tertiary/aromatic N) is 1. The van der Waals surface area contributed by atoms with Crippen LogP contribution in [0.15, 0.2) is 28.7 Å². The van der Waals surface area contributed by atoms with E-state index < -0.39 is 0 Å². The Hall–Kier alpha value is -0.320. The molecule has 0 fully saturated rings. The molecule has 0 bridgehead atoms. The summed E-state index contributed by atoms with van der Waals surface area (Å²) >= 11 is 5.22. The smallest absolute Gasteiger partial charge is 0.179 e. The summed E-state index contributed by atoms with van der Waals surface area (Å²) in [6.45, 7) is 4.17. The van der Waals surface area contributed by atoms with Gasteiger partial charge in [0.25, 0.3) is 0 Å². The maximum atomic E-state index is 12.5. The SMILES string of the molecule is CCC(CSC)N(C)C(C)C(=O)c1ccc(Br)cc1. The Morgan fingerprint density at radius 3 is 2.42 bits per heavy atom. The first kappa shape index (κ1) is 16.7. The average molecular weight is 344 g/mol. The van der Waals surface area contributed by atoms with Crippen molar-refractivity contribution >= 4 is 33.5 Å². The van der Waals surface area contributed by atoms with Crippen LogP contribution in [0.1, 0.15) is 30.6 Å². The third kappa shape index (κ3) is 4.62. The normalized spacial score (nSPS) is 14.4. The highest BCUT2D eigenvalue weighted by molar-refractivity contribution is 9.10. The van der Waals surface area contributed by atoms with Crippen molar-refractivity contribution in [3.05, 3.63) is 34.3 Å². The Balaban J connectivity index is 2.78. The summed E-state index contributed by atoms with van der Waals surface area (Å²) in [4.78, 5) is 14.7. The van der Waals surface area contributed by atoms with E-state index in [-0.39, 0.29) is 11.8 Å². The summed E-state index contributed by atoms with van der Waals surface area (Å²) in [5.74, 6) is 1.25. The van der Waals surface area contributed by atoms with Gasteiger partial charge in [-0.15, -0.1) is 0 Å². The first-order valence-electron chi connectivity index (χ1n) is 6.51. The molecule has 0 aromatic heterocycles. The van der Waals surface area contributed by atoms with Gasteiger partial charge in [-0.05, 0) is 38.8 Å². The number of benzene rings is 1. The zero-order valence-electron chi connectivity index (χ0n) is 12.0. The zero-order valence-corrected chi connectivity index (χ0v) is 14.4. The molecule has 0 saturated carbocycles. The second-order valence-corrected chi connectivity index (χ2v) is 6.56. The van der Waals surface area contributed by atoms with E-state index in [0.717, 1.165) is 22.2 Å². The van der Waals surface area contributed by atoms with Crippen molar-refractivity contribution in [3.63, 3.8) is 0 Å². The van der Waals surface area contributed by atoms with Crippen LogP contribution in [0.4, 0.5) is 0 Å². The number of carbonyl (C=O) groups is 1. The van der Waals surface area contributed by atoms with Crippen LogP contribution in [-0.4, -0.2) is 41.8 Å². The zero-order chi connectivity index (χ0) is 14.4. The second-order valence-electron chi connectivity index (χ2n) is 4.73. The van der Waals surface area contributed by atoms with Gasteiger partial charge in [-0.1, -0.05) is 35.0 Å². The van der Waals surface area contributed by atoms with E-state index in [9.17, 15) is 4.79 Å². The van der Waals surface area contributed by atoms with Crippen molar-refractivity contribution in [1.82, 2.24) is 4.90 Å². The number of rotatable bonds is 7. The fourth-order valence-electron chi connectivity index (χ4n) is 2.07. The van der Waals surface area contributed by atoms with Crippen molar-refractivity contribution in [2.24, 2.45) is 0 Å². The molecule has 2 atom stereocenters. The fourth-order valence-corrected chi connectivity index (χ4v) is 3.19. The van der Waals surface area contributed by atoms with Crippen LogP contribution in [-0.2, 0) is 0 Å². The predicted molar refractivity (Wildman–Crippen MR) is 88.2 cm³/mol. The topological polar surface area (TPSA) is 20.3 Å². The first-order valence-corrected chi connectivity index (χ1v) is 8.70. The van der Waals surface area contributed by atoms with E-state index in [4.69, 9.17) is 0 Å². The quantitative estimate of drug-likeness (QED) is 0.695. The lowest BCUT2D eigenvalue weighted by Crippen LogP contribution is -2.44. The molecule has 106 valence electrons. The molecule has 1 aromatic carbocycles. The number of likely N-dealkylation sites (N-methyl/N-ethyl adjacent to an activating group) is 1. The lowest BCUT2D eigenvalue weighted by molar-refractivity contribution is 0.0827. The highest BCUT2D eigenvalue weighted by atomic mass is 79.9. The lowest BCUT2D eigenvalue weighted by Gasteiger charge is -2.31. The van der Waals surface area contributed by atoms with Crippen LogP contribution in [0.3, 0.4) is 0 Å². The van der Waals surface area contributed by atoms with Gasteiger partial charge in [0, 0.05) is 21.8 Å². The molecule has 0 aliphatic heterocycles. The molecule has 4 heteroatoms. The van der Waals surface area contributed by atoms with Crippen LogP contribution in [0.5, 0.6) is 0 Å². The third-order valence-electron chi connectivity index (χ3n) is 3.53. The molecule has 0 saturated heterocycles. The largest absolute Gasteiger partial charge is 0.293 e. The summed E-state index contributed by atoms with van der Waals surface area (Å²) in [6, 6.07) is 7.96. The van der Waals surface area contributed by atoms with Crippen molar-refractivity contribution in [2.75, 3.05) is 19.1 Å². The Kier molecular flexibility index (Phi) is 7.11. The van der Waals surface area contributed by atoms with E-state index in [1.165, 1.54) is 0 Å². The molecule has 0 heterocycles. The fraction of sp³-hybridized carbons (Fsp3) is 0.533. The third-order valence-corrected chi connectivity index (χ3v) is 4.77. The van der Waals surface area contributed by atoms with Gasteiger partial charge in [-0.2, -0.15) is 11.8 Å². The van der Waals surface area contributed by atoms with Gasteiger partial charge in [0.05, 0.1) is 6.04 Å². The van der Waals surface area contributed by atoms with Crippen LogP contribution >= 0.6 is 27.7 Å². The van der Waals surface area contributed by atoms with E-state index in [0.29, 0.717) is 6.04 Å². The average Bonchev–Trinajstić information content (AvgIpc) is 2.43. The first-order chi connectivity index (χ1) is 9.01. The summed E-state index contributed by atoms with van der Waals surface area (Å²) < 4.78 is 0.999. The Morgan fingerprint density at radius 2 is 1.95 bits per heavy atom. The van der Waals surface area contributed by atoms with Gasteiger partial charge in [-0.25, -0.2) is 0 Å². The molecule has 0 N–H and O–H groups in total. The Bertz CT molecular complexity index is 407. The van der Waals surface area contributed by atoms with Crippen molar-refractivity contribution in [1.29, 1.82) is 0 Å². The molecule has 2 unspecified atom stereocenters. The van der Waals surface area contributed by atoms with Gasteiger partial charge in [0.2, 0.25) is 0 Å². The lowest BCUT2D eigenvalue weighted by atomic mass is 10.0. The van der Waals surface area contributed by atoms with Crippen LogP contribution in [0.2, 0.25) is 0 Å². The summed E-state index contributed by atoms with van der Waals surface area (Å²) in [6.07, 6.45) is 3.17. The maximum Gasteiger partial charge on any atom is 0.179 e. The monoisotopic (exact) mass is 343 g/mol. The summed E-state index contributed by atoms with van der Waals surface area (Å²) in [5.41, 5.74) is 0.779. The van der Waals surface area contributed by atoms with Gasteiger partial charge < -0.3 is 0 Å². The molecular weight excluding hydrogens is 322 g/mol. The molecule has 19 heavy (non-hydrogen) atoms. The van der Waals surface area contributed by atoms with Gasteiger partial charge in [0.15, 0.2) is 5.78 Å². The number of ketones is 1. The number of hydrogen-bond donors (Lipinski definition) is 0. The van der Waals surface area contributed by atoms with E-state index in [1.54, 1.807) is 0 Å². The standard InChI is InChI=1S/C15H22BrNOS/c1-5-14(10-19-4)17(3)11(2)15(18)12-6-8-13(16)9-7-12/h6-9,11,14H,5,10H2,1-4H3. The summed E-state index contributed by atoms with van der Waals surface area (Å²) in [7, 11) is 2.05. The molecule has 1 rings (SSSR count). The van der Waals surface area contributed by atoms with Crippen LogP contribution < -0.4 is 0 Å². The van der Waals surface area contributed by atoms with Gasteiger partial charge in [0.1, 0.15) is 0 Å². The van der Waals surface area contributed by atoms with E-state index >= 15 is 0 Å². The van der Waals surface area contributed by atoms with Crippen molar-refractivity contribution in [3.8, 4) is 0 Å².